The second-order valence-electron chi connectivity index (χ2n) is 6.44. The average molecular weight is 476 g/mol. The van der Waals surface area contributed by atoms with Gasteiger partial charge in [-0.2, -0.15) is 4.31 Å². The maximum atomic E-state index is 12.3. The number of ether oxygens (including phenoxy) is 1. The van der Waals surface area contributed by atoms with E-state index in [0.717, 1.165) is 12.5 Å². The molecule has 0 spiro atoms. The smallest absolute Gasteiger partial charge is 0.216 e. The molecule has 0 aliphatic carbocycles. The normalized spacial score (nSPS) is 17.3. The summed E-state index contributed by atoms with van der Waals surface area (Å²) in [6, 6.07) is 0. The summed E-state index contributed by atoms with van der Waals surface area (Å²) in [6.45, 7) is 11.5. The summed E-state index contributed by atoms with van der Waals surface area (Å²) >= 11 is 0. The molecule has 0 unspecified atom stereocenters. The number of aliphatic imine (C=N–C) groups is 1. The Hall–Kier alpha value is -0.130. The summed E-state index contributed by atoms with van der Waals surface area (Å²) in [5, 5.41) is 3.33. The van der Waals surface area contributed by atoms with Crippen LogP contribution in [0.15, 0.2) is 4.99 Å². The molecule has 1 aliphatic rings. The minimum absolute atomic E-state index is 0. The van der Waals surface area contributed by atoms with Crippen LogP contribution < -0.4 is 5.32 Å². The monoisotopic (exact) mass is 476 g/mol. The molecule has 144 valence electrons. The zero-order chi connectivity index (χ0) is 17.5. The first-order valence-electron chi connectivity index (χ1n) is 8.31. The van der Waals surface area contributed by atoms with Gasteiger partial charge < -0.3 is 15.0 Å². The molecule has 24 heavy (non-hydrogen) atoms. The van der Waals surface area contributed by atoms with E-state index in [1.54, 1.807) is 11.4 Å². The van der Waals surface area contributed by atoms with Gasteiger partial charge in [0, 0.05) is 39.8 Å². The number of nitrogens with one attached hydrogen (secondary N) is 1. The van der Waals surface area contributed by atoms with Gasteiger partial charge in [-0.3, -0.25) is 4.99 Å². The van der Waals surface area contributed by atoms with Gasteiger partial charge in [-0.1, -0.05) is 13.8 Å². The van der Waals surface area contributed by atoms with Crippen LogP contribution in [0.5, 0.6) is 0 Å². The van der Waals surface area contributed by atoms with Gasteiger partial charge in [0.2, 0.25) is 10.0 Å². The molecule has 0 radical (unpaired) electrons. The summed E-state index contributed by atoms with van der Waals surface area (Å²) in [4.78, 5) is 6.39. The lowest BCUT2D eigenvalue weighted by atomic mass is 10.2. The number of hydrogen-bond acceptors (Lipinski definition) is 4. The zero-order valence-corrected chi connectivity index (χ0v) is 18.6. The molecule has 0 saturated carbocycles. The van der Waals surface area contributed by atoms with E-state index in [-0.39, 0.29) is 42.4 Å². The molecule has 1 fully saturated rings. The van der Waals surface area contributed by atoms with E-state index < -0.39 is 10.0 Å². The molecule has 9 heteroatoms. The third kappa shape index (κ3) is 8.30. The molecule has 0 aromatic heterocycles. The predicted octanol–water partition coefficient (Wildman–Crippen LogP) is 1.21. The first-order chi connectivity index (χ1) is 10.8. The lowest BCUT2D eigenvalue weighted by molar-refractivity contribution is 0.0904. The average Bonchev–Trinajstić information content (AvgIpc) is 2.47. The van der Waals surface area contributed by atoms with Crippen molar-refractivity contribution in [2.45, 2.75) is 33.8 Å². The molecule has 1 N–H and O–H groups in total. The van der Waals surface area contributed by atoms with Crippen molar-refractivity contribution in [3.63, 3.8) is 0 Å². The second kappa shape index (κ2) is 11.5. The molecule has 1 heterocycles. The zero-order valence-electron chi connectivity index (χ0n) is 15.5. The third-order valence-corrected chi connectivity index (χ3v) is 5.44. The first kappa shape index (κ1) is 23.9. The van der Waals surface area contributed by atoms with Crippen molar-refractivity contribution in [1.82, 2.24) is 14.5 Å². The Kier molecular flexibility index (Phi) is 11.4. The number of rotatable bonds is 7. The van der Waals surface area contributed by atoms with E-state index in [1.165, 1.54) is 0 Å². The van der Waals surface area contributed by atoms with Crippen LogP contribution in [0.25, 0.3) is 0 Å². The number of hydrogen-bond donors (Lipinski definition) is 1. The van der Waals surface area contributed by atoms with Gasteiger partial charge in [0.05, 0.1) is 18.5 Å². The molecule has 0 atom stereocenters. The molecule has 7 nitrogen and oxygen atoms in total. The van der Waals surface area contributed by atoms with Crippen molar-refractivity contribution < 1.29 is 13.2 Å². The van der Waals surface area contributed by atoms with Crippen LogP contribution in [-0.4, -0.2) is 81.8 Å². The number of nitrogens with zero attached hydrogens (tertiary/aromatic N) is 3. The van der Waals surface area contributed by atoms with Crippen LogP contribution in [0.2, 0.25) is 0 Å². The lowest BCUT2D eigenvalue weighted by Gasteiger charge is -2.36. The summed E-state index contributed by atoms with van der Waals surface area (Å²) in [5.41, 5.74) is 0. The summed E-state index contributed by atoms with van der Waals surface area (Å²) in [5.74, 6) is 1.43. The Morgan fingerprint density at radius 1 is 1.17 bits per heavy atom. The maximum Gasteiger partial charge on any atom is 0.216 e. The number of guanidine groups is 1. The van der Waals surface area contributed by atoms with Crippen LogP contribution in [0.4, 0.5) is 0 Å². The predicted molar refractivity (Wildman–Crippen MR) is 110 cm³/mol. The van der Waals surface area contributed by atoms with Gasteiger partial charge in [0.15, 0.2) is 5.96 Å². The Bertz CT molecular complexity index is 475. The summed E-state index contributed by atoms with van der Waals surface area (Å²) < 4.78 is 31.5. The second-order valence-corrected chi connectivity index (χ2v) is 8.53. The van der Waals surface area contributed by atoms with Gasteiger partial charge >= 0.3 is 0 Å². The van der Waals surface area contributed by atoms with E-state index in [1.807, 2.05) is 13.8 Å². The summed E-state index contributed by atoms with van der Waals surface area (Å²) in [6.07, 6.45) is 0.0532. The van der Waals surface area contributed by atoms with Crippen molar-refractivity contribution in [3.8, 4) is 0 Å². The van der Waals surface area contributed by atoms with Crippen LogP contribution >= 0.6 is 24.0 Å². The summed E-state index contributed by atoms with van der Waals surface area (Å²) in [7, 11) is -1.48. The van der Waals surface area contributed by atoms with Gasteiger partial charge in [0.1, 0.15) is 0 Å². The Morgan fingerprint density at radius 3 is 2.21 bits per heavy atom. The van der Waals surface area contributed by atoms with Crippen LogP contribution in [0, 0.1) is 5.92 Å². The number of halogens is 1. The third-order valence-electron chi connectivity index (χ3n) is 3.60. The fourth-order valence-corrected chi connectivity index (χ4v) is 3.61. The van der Waals surface area contributed by atoms with Crippen LogP contribution in [0.1, 0.15) is 27.7 Å². The Labute approximate surface area is 164 Å². The molecular weight excluding hydrogens is 443 g/mol. The van der Waals surface area contributed by atoms with Crippen molar-refractivity contribution in [3.05, 3.63) is 0 Å². The molecular formula is C15H33IN4O3S. The van der Waals surface area contributed by atoms with E-state index in [0.29, 0.717) is 32.1 Å². The van der Waals surface area contributed by atoms with Crippen molar-refractivity contribution >= 4 is 40.0 Å². The SMILES string of the molecule is CN=C(NCC(C)C)N1CCN(S(=O)(=O)CCOC(C)C)CC1.I. The molecule has 0 aromatic rings. The highest BCUT2D eigenvalue weighted by Crippen LogP contribution is 2.09. The molecule has 0 amide bonds. The quantitative estimate of drug-likeness (QED) is 0.340. The van der Waals surface area contributed by atoms with Gasteiger partial charge in [-0.15, -0.1) is 24.0 Å². The minimum Gasteiger partial charge on any atom is -0.378 e. The van der Waals surface area contributed by atoms with Crippen molar-refractivity contribution in [2.24, 2.45) is 10.9 Å². The van der Waals surface area contributed by atoms with Crippen molar-refractivity contribution in [1.29, 1.82) is 0 Å². The van der Waals surface area contributed by atoms with Gasteiger partial charge in [-0.25, -0.2) is 8.42 Å². The largest absolute Gasteiger partial charge is 0.378 e. The van der Waals surface area contributed by atoms with E-state index in [9.17, 15) is 8.42 Å². The van der Waals surface area contributed by atoms with Gasteiger partial charge in [0.25, 0.3) is 0 Å². The molecule has 1 saturated heterocycles. The molecule has 1 aliphatic heterocycles. The number of sulfonamides is 1. The Morgan fingerprint density at radius 2 is 1.75 bits per heavy atom. The van der Waals surface area contributed by atoms with Gasteiger partial charge in [-0.05, 0) is 19.8 Å². The molecule has 0 aromatic carbocycles. The lowest BCUT2D eigenvalue weighted by Crippen LogP contribution is -2.54. The Balaban J connectivity index is 0.00000529. The van der Waals surface area contributed by atoms with Crippen molar-refractivity contribution in [2.75, 3.05) is 52.1 Å². The number of piperazine rings is 1. The van der Waals surface area contributed by atoms with E-state index in [4.69, 9.17) is 4.74 Å². The standard InChI is InChI=1S/C15H32N4O3S.HI/c1-13(2)12-17-15(16-5)18-6-8-19(9-7-18)23(20,21)11-10-22-14(3)4;/h13-14H,6-12H2,1-5H3,(H,16,17);1H. The fraction of sp³-hybridized carbons (Fsp3) is 0.933. The molecule has 1 rings (SSSR count). The van der Waals surface area contributed by atoms with Crippen LogP contribution in [0.3, 0.4) is 0 Å². The maximum absolute atomic E-state index is 12.3. The first-order valence-corrected chi connectivity index (χ1v) is 9.92. The van der Waals surface area contributed by atoms with Crippen LogP contribution in [-0.2, 0) is 14.8 Å². The topological polar surface area (TPSA) is 74.2 Å². The highest BCUT2D eigenvalue weighted by atomic mass is 127. The van der Waals surface area contributed by atoms with E-state index in [2.05, 4.69) is 29.1 Å². The molecule has 0 bridgehead atoms. The highest BCUT2D eigenvalue weighted by molar-refractivity contribution is 14.0. The highest BCUT2D eigenvalue weighted by Gasteiger charge is 2.27. The minimum atomic E-state index is -3.24. The fourth-order valence-electron chi connectivity index (χ4n) is 2.32. The van der Waals surface area contributed by atoms with E-state index >= 15 is 0 Å².